The summed E-state index contributed by atoms with van der Waals surface area (Å²) in [4.78, 5) is 25.4. The van der Waals surface area contributed by atoms with Gasteiger partial charge in [-0.1, -0.05) is 6.07 Å². The van der Waals surface area contributed by atoms with Crippen molar-refractivity contribution >= 4 is 22.8 Å². The molecule has 1 fully saturated rings. The highest BCUT2D eigenvalue weighted by atomic mass is 16.4. The van der Waals surface area contributed by atoms with Crippen molar-refractivity contribution in [3.63, 3.8) is 0 Å². The lowest BCUT2D eigenvalue weighted by molar-refractivity contribution is -0.141. The minimum Gasteiger partial charge on any atom is -0.480 e. The van der Waals surface area contributed by atoms with Crippen molar-refractivity contribution in [2.75, 3.05) is 0 Å². The molecule has 1 atom stereocenters. The van der Waals surface area contributed by atoms with E-state index >= 15 is 0 Å². The number of aromatic amines is 1. The van der Waals surface area contributed by atoms with E-state index in [1.54, 1.807) is 25.3 Å². The SMILES string of the molecule is CC(C(=O)O)N(C(=O)c1cccc2[nH]ncc12)C1CC1. The fourth-order valence-electron chi connectivity index (χ4n) is 2.42. The quantitative estimate of drug-likeness (QED) is 0.886. The largest absolute Gasteiger partial charge is 0.480 e. The van der Waals surface area contributed by atoms with Crippen LogP contribution in [0, 0.1) is 0 Å². The summed E-state index contributed by atoms with van der Waals surface area (Å²) in [5.41, 5.74) is 1.27. The molecule has 2 aromatic rings. The van der Waals surface area contributed by atoms with Crippen LogP contribution in [0.15, 0.2) is 24.4 Å². The molecule has 1 aliphatic carbocycles. The number of carbonyl (C=O) groups excluding carboxylic acids is 1. The number of aliphatic carboxylic acids is 1. The number of amides is 1. The van der Waals surface area contributed by atoms with E-state index in [1.165, 1.54) is 4.90 Å². The molecule has 1 aromatic carbocycles. The number of benzene rings is 1. The normalized spacial score (nSPS) is 16.1. The smallest absolute Gasteiger partial charge is 0.326 e. The molecule has 1 amide bonds. The third-order valence-corrected chi connectivity index (χ3v) is 3.66. The predicted octanol–water partition coefficient (Wildman–Crippen LogP) is 1.64. The summed E-state index contributed by atoms with van der Waals surface area (Å²) in [7, 11) is 0. The number of hydrogen-bond donors (Lipinski definition) is 2. The van der Waals surface area contributed by atoms with Gasteiger partial charge in [-0.15, -0.1) is 0 Å². The van der Waals surface area contributed by atoms with E-state index in [4.69, 9.17) is 0 Å². The summed E-state index contributed by atoms with van der Waals surface area (Å²) >= 11 is 0. The Morgan fingerprint density at radius 3 is 2.85 bits per heavy atom. The highest BCUT2D eigenvalue weighted by Crippen LogP contribution is 2.31. The van der Waals surface area contributed by atoms with E-state index in [2.05, 4.69) is 10.2 Å². The Bertz CT molecular complexity index is 675. The maximum absolute atomic E-state index is 12.7. The molecule has 6 heteroatoms. The van der Waals surface area contributed by atoms with Crippen LogP contribution in [0.1, 0.15) is 30.1 Å². The summed E-state index contributed by atoms with van der Waals surface area (Å²) in [6.45, 7) is 1.55. The second-order valence-corrected chi connectivity index (χ2v) is 5.09. The van der Waals surface area contributed by atoms with Crippen molar-refractivity contribution < 1.29 is 14.7 Å². The fraction of sp³-hybridized carbons (Fsp3) is 0.357. The van der Waals surface area contributed by atoms with Gasteiger partial charge in [0.2, 0.25) is 0 Å². The van der Waals surface area contributed by atoms with Crippen LogP contribution in [-0.2, 0) is 4.79 Å². The zero-order valence-electron chi connectivity index (χ0n) is 11.0. The molecule has 20 heavy (non-hydrogen) atoms. The average Bonchev–Trinajstić information content (AvgIpc) is 3.14. The number of carbonyl (C=O) groups is 2. The molecule has 1 saturated carbocycles. The Morgan fingerprint density at radius 1 is 1.45 bits per heavy atom. The van der Waals surface area contributed by atoms with Crippen molar-refractivity contribution in [3.05, 3.63) is 30.0 Å². The molecular formula is C14H15N3O3. The van der Waals surface area contributed by atoms with Crippen molar-refractivity contribution in [3.8, 4) is 0 Å². The van der Waals surface area contributed by atoms with Crippen LogP contribution in [0.4, 0.5) is 0 Å². The second kappa shape index (κ2) is 4.63. The first-order valence-electron chi connectivity index (χ1n) is 6.57. The minimum absolute atomic E-state index is 0.0377. The number of fused-ring (bicyclic) bond motifs is 1. The predicted molar refractivity (Wildman–Crippen MR) is 72.4 cm³/mol. The van der Waals surface area contributed by atoms with Crippen LogP contribution in [0.5, 0.6) is 0 Å². The summed E-state index contributed by atoms with van der Waals surface area (Å²) in [5.74, 6) is -1.22. The molecule has 1 heterocycles. The first-order chi connectivity index (χ1) is 9.59. The molecule has 0 saturated heterocycles. The van der Waals surface area contributed by atoms with Gasteiger partial charge in [-0.05, 0) is 31.9 Å². The van der Waals surface area contributed by atoms with Crippen LogP contribution < -0.4 is 0 Å². The zero-order valence-corrected chi connectivity index (χ0v) is 11.0. The molecule has 104 valence electrons. The summed E-state index contributed by atoms with van der Waals surface area (Å²) < 4.78 is 0. The van der Waals surface area contributed by atoms with Gasteiger partial charge in [0, 0.05) is 11.4 Å². The number of carboxylic acid groups (broad SMARTS) is 1. The average molecular weight is 273 g/mol. The maximum atomic E-state index is 12.7. The molecule has 2 N–H and O–H groups in total. The van der Waals surface area contributed by atoms with Gasteiger partial charge in [-0.25, -0.2) is 4.79 Å². The first-order valence-corrected chi connectivity index (χ1v) is 6.57. The van der Waals surface area contributed by atoms with E-state index < -0.39 is 12.0 Å². The topological polar surface area (TPSA) is 86.3 Å². The van der Waals surface area contributed by atoms with Gasteiger partial charge in [0.25, 0.3) is 5.91 Å². The molecule has 0 spiro atoms. The minimum atomic E-state index is -0.982. The lowest BCUT2D eigenvalue weighted by atomic mass is 10.1. The fourth-order valence-corrected chi connectivity index (χ4v) is 2.42. The summed E-state index contributed by atoms with van der Waals surface area (Å²) in [5, 5.41) is 16.7. The lowest BCUT2D eigenvalue weighted by Crippen LogP contribution is -2.44. The molecule has 1 aliphatic rings. The molecule has 1 unspecified atom stereocenters. The van der Waals surface area contributed by atoms with Gasteiger partial charge < -0.3 is 10.0 Å². The molecule has 1 aromatic heterocycles. The standard InChI is InChI=1S/C14H15N3O3/c1-8(14(19)20)17(9-5-6-9)13(18)10-3-2-4-12-11(10)7-15-16-12/h2-4,7-9H,5-6H2,1H3,(H,15,16)(H,19,20). The van der Waals surface area contributed by atoms with Crippen LogP contribution in [-0.4, -0.2) is 44.2 Å². The van der Waals surface area contributed by atoms with Crippen LogP contribution in [0.25, 0.3) is 10.9 Å². The third kappa shape index (κ3) is 2.03. The van der Waals surface area contributed by atoms with Gasteiger partial charge in [-0.2, -0.15) is 5.10 Å². The van der Waals surface area contributed by atoms with Gasteiger partial charge in [0.15, 0.2) is 0 Å². The Kier molecular flexibility index (Phi) is 2.93. The molecular weight excluding hydrogens is 258 g/mol. The van der Waals surface area contributed by atoms with Crippen LogP contribution >= 0.6 is 0 Å². The molecule has 3 rings (SSSR count). The van der Waals surface area contributed by atoms with Crippen molar-refractivity contribution in [2.24, 2.45) is 0 Å². The number of carboxylic acids is 1. The third-order valence-electron chi connectivity index (χ3n) is 3.66. The number of H-pyrrole nitrogens is 1. The second-order valence-electron chi connectivity index (χ2n) is 5.09. The van der Waals surface area contributed by atoms with Gasteiger partial charge in [0.1, 0.15) is 6.04 Å². The Morgan fingerprint density at radius 2 is 2.20 bits per heavy atom. The highest BCUT2D eigenvalue weighted by molar-refractivity contribution is 6.07. The lowest BCUT2D eigenvalue weighted by Gasteiger charge is -2.26. The Balaban J connectivity index is 2.01. The number of aromatic nitrogens is 2. The first kappa shape index (κ1) is 12.7. The Labute approximate surface area is 115 Å². The van der Waals surface area contributed by atoms with E-state index in [-0.39, 0.29) is 11.9 Å². The van der Waals surface area contributed by atoms with Gasteiger partial charge in [0.05, 0.1) is 17.3 Å². The molecule has 6 nitrogen and oxygen atoms in total. The summed E-state index contributed by atoms with van der Waals surface area (Å²) in [6.07, 6.45) is 3.33. The molecule has 0 radical (unpaired) electrons. The highest BCUT2D eigenvalue weighted by Gasteiger charge is 2.39. The number of nitrogens with zero attached hydrogens (tertiary/aromatic N) is 2. The maximum Gasteiger partial charge on any atom is 0.326 e. The number of hydrogen-bond acceptors (Lipinski definition) is 3. The van der Waals surface area contributed by atoms with Crippen LogP contribution in [0.3, 0.4) is 0 Å². The van der Waals surface area contributed by atoms with E-state index in [9.17, 15) is 14.7 Å². The van der Waals surface area contributed by atoms with E-state index in [1.807, 2.05) is 6.07 Å². The monoisotopic (exact) mass is 273 g/mol. The molecule has 0 bridgehead atoms. The molecule has 0 aliphatic heterocycles. The number of nitrogens with one attached hydrogen (secondary N) is 1. The Hall–Kier alpha value is -2.37. The van der Waals surface area contributed by atoms with Gasteiger partial charge in [-0.3, -0.25) is 9.89 Å². The summed E-state index contributed by atoms with van der Waals surface area (Å²) in [6, 6.07) is 4.53. The van der Waals surface area contributed by atoms with Crippen molar-refractivity contribution in [1.29, 1.82) is 0 Å². The van der Waals surface area contributed by atoms with Crippen molar-refractivity contribution in [1.82, 2.24) is 15.1 Å². The van der Waals surface area contributed by atoms with E-state index in [0.717, 1.165) is 23.7 Å². The zero-order chi connectivity index (χ0) is 14.3. The van der Waals surface area contributed by atoms with Crippen molar-refractivity contribution in [2.45, 2.75) is 31.8 Å². The van der Waals surface area contributed by atoms with Crippen LogP contribution in [0.2, 0.25) is 0 Å². The van der Waals surface area contributed by atoms with Gasteiger partial charge >= 0.3 is 5.97 Å². The number of rotatable bonds is 4. The van der Waals surface area contributed by atoms with E-state index in [0.29, 0.717) is 5.56 Å².